The average Bonchev–Trinajstić information content (AvgIpc) is 2.90. The number of fused-ring (bicyclic) bond motifs is 2. The van der Waals surface area contributed by atoms with Crippen molar-refractivity contribution in [2.75, 3.05) is 0 Å². The number of hydrogen-bond donors (Lipinski definition) is 0. The molecular formula is C19H14O3. The molecule has 0 spiro atoms. The van der Waals surface area contributed by atoms with Gasteiger partial charge < -0.3 is 8.83 Å². The molecule has 2 heterocycles. The van der Waals surface area contributed by atoms with Gasteiger partial charge in [0.2, 0.25) is 0 Å². The quantitative estimate of drug-likeness (QED) is 0.472. The van der Waals surface area contributed by atoms with Crippen molar-refractivity contribution in [1.82, 2.24) is 0 Å². The first kappa shape index (κ1) is 12.9. The van der Waals surface area contributed by atoms with Crippen molar-refractivity contribution in [3.63, 3.8) is 0 Å². The summed E-state index contributed by atoms with van der Waals surface area (Å²) in [5.74, 6) is 0. The van der Waals surface area contributed by atoms with Gasteiger partial charge in [0.05, 0.1) is 6.26 Å². The summed E-state index contributed by atoms with van der Waals surface area (Å²) >= 11 is 0. The minimum atomic E-state index is -0.299. The number of benzene rings is 2. The molecule has 0 fully saturated rings. The average molecular weight is 290 g/mol. The first-order chi connectivity index (χ1) is 10.6. The van der Waals surface area contributed by atoms with Crippen LogP contribution in [-0.2, 0) is 0 Å². The smallest absolute Gasteiger partial charge is 0.339 e. The molecule has 2 aromatic carbocycles. The number of furan rings is 1. The summed E-state index contributed by atoms with van der Waals surface area (Å²) in [5, 5.41) is 1.82. The predicted octanol–water partition coefficient (Wildman–Crippen LogP) is 4.82. The van der Waals surface area contributed by atoms with Gasteiger partial charge in [-0.2, -0.15) is 0 Å². The van der Waals surface area contributed by atoms with E-state index in [0.717, 1.165) is 27.5 Å². The van der Waals surface area contributed by atoms with Crippen LogP contribution in [0, 0.1) is 13.8 Å². The lowest BCUT2D eigenvalue weighted by Crippen LogP contribution is -2.01. The third-order valence-electron chi connectivity index (χ3n) is 3.97. The molecule has 0 saturated heterocycles. The van der Waals surface area contributed by atoms with Crippen LogP contribution in [0.3, 0.4) is 0 Å². The summed E-state index contributed by atoms with van der Waals surface area (Å²) < 4.78 is 11.1. The van der Waals surface area contributed by atoms with Gasteiger partial charge in [0, 0.05) is 21.9 Å². The molecular weight excluding hydrogens is 276 g/mol. The summed E-state index contributed by atoms with van der Waals surface area (Å²) in [6, 6.07) is 13.9. The Kier molecular flexibility index (Phi) is 2.70. The summed E-state index contributed by atoms with van der Waals surface area (Å²) in [4.78, 5) is 11.7. The largest absolute Gasteiger partial charge is 0.464 e. The highest BCUT2D eigenvalue weighted by molar-refractivity contribution is 6.01. The maximum atomic E-state index is 11.7. The van der Waals surface area contributed by atoms with E-state index in [0.29, 0.717) is 11.1 Å². The van der Waals surface area contributed by atoms with E-state index >= 15 is 0 Å². The maximum Gasteiger partial charge on any atom is 0.339 e. The van der Waals surface area contributed by atoms with Crippen LogP contribution in [0.5, 0.6) is 0 Å². The number of aryl methyl sites for hydroxylation is 2. The Morgan fingerprint density at radius 1 is 0.909 bits per heavy atom. The fourth-order valence-electron chi connectivity index (χ4n) is 2.70. The van der Waals surface area contributed by atoms with Crippen LogP contribution in [0.25, 0.3) is 33.1 Å². The van der Waals surface area contributed by atoms with Crippen LogP contribution in [-0.4, -0.2) is 0 Å². The molecule has 3 heteroatoms. The predicted molar refractivity (Wildman–Crippen MR) is 87.2 cm³/mol. The van der Waals surface area contributed by atoms with E-state index < -0.39 is 0 Å². The zero-order chi connectivity index (χ0) is 15.3. The molecule has 22 heavy (non-hydrogen) atoms. The highest BCUT2D eigenvalue weighted by Gasteiger charge is 2.11. The molecule has 0 aliphatic carbocycles. The lowest BCUT2D eigenvalue weighted by molar-refractivity contribution is 0.555. The van der Waals surface area contributed by atoms with Gasteiger partial charge in [-0.25, -0.2) is 4.79 Å². The van der Waals surface area contributed by atoms with Gasteiger partial charge in [-0.05, 0) is 37.6 Å². The fourth-order valence-corrected chi connectivity index (χ4v) is 2.70. The number of hydrogen-bond acceptors (Lipinski definition) is 3. The van der Waals surface area contributed by atoms with Crippen LogP contribution >= 0.6 is 0 Å². The summed E-state index contributed by atoms with van der Waals surface area (Å²) in [6.07, 6.45) is 1.75. The minimum Gasteiger partial charge on any atom is -0.464 e. The summed E-state index contributed by atoms with van der Waals surface area (Å²) in [7, 11) is 0. The van der Waals surface area contributed by atoms with Gasteiger partial charge in [0.25, 0.3) is 0 Å². The van der Waals surface area contributed by atoms with Gasteiger partial charge in [0.1, 0.15) is 11.2 Å². The number of rotatable bonds is 1. The highest BCUT2D eigenvalue weighted by Crippen LogP contribution is 2.33. The van der Waals surface area contributed by atoms with Crippen molar-refractivity contribution in [2.24, 2.45) is 0 Å². The maximum absolute atomic E-state index is 11.7. The molecule has 0 radical (unpaired) electrons. The van der Waals surface area contributed by atoms with Crippen LogP contribution in [0.4, 0.5) is 0 Å². The Bertz CT molecular complexity index is 1050. The Hall–Kier alpha value is -2.81. The van der Waals surface area contributed by atoms with Crippen LogP contribution in [0.15, 0.2) is 62.4 Å². The molecule has 108 valence electrons. The molecule has 0 aliphatic heterocycles. The molecule has 0 unspecified atom stereocenters. The molecule has 0 amide bonds. The van der Waals surface area contributed by atoms with E-state index in [-0.39, 0.29) is 5.63 Å². The van der Waals surface area contributed by atoms with Crippen molar-refractivity contribution >= 4 is 21.9 Å². The van der Waals surface area contributed by atoms with E-state index in [1.54, 1.807) is 13.2 Å². The first-order valence-electron chi connectivity index (χ1n) is 7.14. The van der Waals surface area contributed by atoms with Crippen molar-refractivity contribution in [3.8, 4) is 11.1 Å². The third-order valence-corrected chi connectivity index (χ3v) is 3.97. The van der Waals surface area contributed by atoms with E-state index in [9.17, 15) is 4.79 Å². The van der Waals surface area contributed by atoms with E-state index in [1.165, 1.54) is 5.56 Å². The van der Waals surface area contributed by atoms with E-state index in [4.69, 9.17) is 8.83 Å². The Balaban J connectivity index is 2.01. The first-order valence-corrected chi connectivity index (χ1v) is 7.14. The zero-order valence-corrected chi connectivity index (χ0v) is 12.3. The normalized spacial score (nSPS) is 11.4. The van der Waals surface area contributed by atoms with Crippen molar-refractivity contribution in [2.45, 2.75) is 13.8 Å². The molecule has 2 aromatic heterocycles. The summed E-state index contributed by atoms with van der Waals surface area (Å²) in [6.45, 7) is 3.80. The monoisotopic (exact) mass is 290 g/mol. The topological polar surface area (TPSA) is 43.4 Å². The van der Waals surface area contributed by atoms with Crippen LogP contribution in [0.2, 0.25) is 0 Å². The van der Waals surface area contributed by atoms with E-state index in [2.05, 4.69) is 31.2 Å². The lowest BCUT2D eigenvalue weighted by Gasteiger charge is -2.01. The minimum absolute atomic E-state index is 0.299. The Morgan fingerprint density at radius 3 is 2.45 bits per heavy atom. The molecule has 0 saturated carbocycles. The fraction of sp³-hybridized carbons (Fsp3) is 0.105. The van der Waals surface area contributed by atoms with Crippen LogP contribution < -0.4 is 5.63 Å². The third kappa shape index (κ3) is 1.94. The standard InChI is InChI=1S/C19H14O3/c1-11-3-5-13(6-4-11)16-10-21-18-8-14-7-12(2)19(20)22-17(14)9-15(16)18/h3-10H,1-2H3. The van der Waals surface area contributed by atoms with Gasteiger partial charge in [-0.1, -0.05) is 29.8 Å². The zero-order valence-electron chi connectivity index (χ0n) is 12.3. The van der Waals surface area contributed by atoms with Gasteiger partial charge in [0.15, 0.2) is 0 Å². The molecule has 0 atom stereocenters. The van der Waals surface area contributed by atoms with Crippen LogP contribution in [0.1, 0.15) is 11.1 Å². The second-order valence-corrected chi connectivity index (χ2v) is 5.62. The second-order valence-electron chi connectivity index (χ2n) is 5.62. The molecule has 3 nitrogen and oxygen atoms in total. The van der Waals surface area contributed by atoms with Crippen molar-refractivity contribution in [1.29, 1.82) is 0 Å². The van der Waals surface area contributed by atoms with Crippen molar-refractivity contribution in [3.05, 3.63) is 70.3 Å². The Labute approximate surface area is 126 Å². The molecule has 4 aromatic rings. The highest BCUT2D eigenvalue weighted by atomic mass is 16.4. The van der Waals surface area contributed by atoms with E-state index in [1.807, 2.05) is 18.2 Å². The molecule has 0 N–H and O–H groups in total. The molecule has 0 bridgehead atoms. The van der Waals surface area contributed by atoms with Gasteiger partial charge >= 0.3 is 5.63 Å². The summed E-state index contributed by atoms with van der Waals surface area (Å²) in [5.41, 5.74) is 4.96. The Morgan fingerprint density at radius 2 is 1.68 bits per heavy atom. The molecule has 0 aliphatic rings. The SMILES string of the molecule is Cc1ccc(-c2coc3cc4cc(C)c(=O)oc4cc23)cc1. The lowest BCUT2D eigenvalue weighted by atomic mass is 10.0. The molecule has 4 rings (SSSR count). The van der Waals surface area contributed by atoms with Gasteiger partial charge in [-0.15, -0.1) is 0 Å². The second kappa shape index (κ2) is 4.60. The van der Waals surface area contributed by atoms with Gasteiger partial charge in [-0.3, -0.25) is 0 Å². The van der Waals surface area contributed by atoms with Crippen molar-refractivity contribution < 1.29 is 8.83 Å².